The second kappa shape index (κ2) is 7.31. The highest BCUT2D eigenvalue weighted by Gasteiger charge is 2.33. The first kappa shape index (κ1) is 16.4. The average Bonchev–Trinajstić information content (AvgIpc) is 2.48. The van der Waals surface area contributed by atoms with Crippen molar-refractivity contribution in [2.45, 2.75) is 50.3 Å². The van der Waals surface area contributed by atoms with Crippen LogP contribution in [0, 0.1) is 5.92 Å². The number of nitrogens with one attached hydrogen (secondary N) is 1. The Balaban J connectivity index is 2.16. The molecule has 0 aliphatic heterocycles. The lowest BCUT2D eigenvalue weighted by Gasteiger charge is -2.34. The van der Waals surface area contributed by atoms with E-state index in [0.29, 0.717) is 5.92 Å². The molecular formula is C15H25N3O2S. The van der Waals surface area contributed by atoms with Gasteiger partial charge in [-0.2, -0.15) is 0 Å². The molecule has 0 bridgehead atoms. The summed E-state index contributed by atoms with van der Waals surface area (Å²) in [6, 6.07) is 0.149. The minimum atomic E-state index is -2.95. The van der Waals surface area contributed by atoms with Gasteiger partial charge in [0.25, 0.3) is 0 Å². The van der Waals surface area contributed by atoms with E-state index in [2.05, 4.69) is 22.2 Å². The summed E-state index contributed by atoms with van der Waals surface area (Å²) in [5, 5.41) is 3.35. The van der Waals surface area contributed by atoms with E-state index < -0.39 is 9.84 Å². The van der Waals surface area contributed by atoms with E-state index in [4.69, 9.17) is 0 Å². The molecule has 3 atom stereocenters. The number of rotatable bonds is 6. The minimum absolute atomic E-state index is 0.149. The van der Waals surface area contributed by atoms with E-state index in [1.165, 1.54) is 12.6 Å². The van der Waals surface area contributed by atoms with E-state index in [1.807, 2.05) is 12.4 Å². The molecule has 1 fully saturated rings. The molecule has 2 rings (SSSR count). The zero-order valence-electron chi connectivity index (χ0n) is 12.8. The maximum Gasteiger partial charge on any atom is 0.150 e. The standard InChI is InChI=1S/C15H25N3O2S/c1-3-7-18-15(13-9-16-11-17-10-13)12-5-4-6-14(8-12)21(2,19)20/h9-12,14-15,18H,3-8H2,1-2H3. The average molecular weight is 311 g/mol. The summed E-state index contributed by atoms with van der Waals surface area (Å²) < 4.78 is 23.7. The molecule has 3 unspecified atom stereocenters. The molecule has 1 aliphatic rings. The maximum atomic E-state index is 11.9. The Morgan fingerprint density at radius 1 is 1.33 bits per heavy atom. The third-order valence-electron chi connectivity index (χ3n) is 4.30. The lowest BCUT2D eigenvalue weighted by Crippen LogP contribution is -2.36. The third kappa shape index (κ3) is 4.48. The molecule has 1 heterocycles. The van der Waals surface area contributed by atoms with Crippen LogP contribution in [0.25, 0.3) is 0 Å². The molecule has 21 heavy (non-hydrogen) atoms. The summed E-state index contributed by atoms with van der Waals surface area (Å²) in [6.45, 7) is 3.05. The zero-order chi connectivity index (χ0) is 15.3. The zero-order valence-corrected chi connectivity index (χ0v) is 13.6. The Kier molecular flexibility index (Phi) is 5.70. The lowest BCUT2D eigenvalue weighted by atomic mass is 9.81. The van der Waals surface area contributed by atoms with Gasteiger partial charge in [-0.15, -0.1) is 0 Å². The molecule has 0 amide bonds. The Morgan fingerprint density at radius 2 is 2.05 bits per heavy atom. The van der Waals surface area contributed by atoms with Gasteiger partial charge in [0, 0.05) is 30.3 Å². The van der Waals surface area contributed by atoms with Crippen LogP contribution in [0.15, 0.2) is 18.7 Å². The van der Waals surface area contributed by atoms with Gasteiger partial charge in [-0.3, -0.25) is 0 Å². The molecule has 1 aliphatic carbocycles. The fourth-order valence-electron chi connectivity index (χ4n) is 3.20. The summed E-state index contributed by atoms with van der Waals surface area (Å²) in [4.78, 5) is 8.21. The number of nitrogens with zero attached hydrogens (tertiary/aromatic N) is 2. The van der Waals surface area contributed by atoms with Crippen molar-refractivity contribution < 1.29 is 8.42 Å². The molecule has 5 nitrogen and oxygen atoms in total. The van der Waals surface area contributed by atoms with Gasteiger partial charge in [-0.1, -0.05) is 13.3 Å². The van der Waals surface area contributed by atoms with E-state index >= 15 is 0 Å². The fraction of sp³-hybridized carbons (Fsp3) is 0.733. The SMILES string of the molecule is CCCNC(c1cncnc1)C1CCCC(S(C)(=O)=O)C1. The van der Waals surface area contributed by atoms with E-state index in [0.717, 1.165) is 44.2 Å². The molecular weight excluding hydrogens is 286 g/mol. The van der Waals surface area contributed by atoms with Crippen LogP contribution in [0.2, 0.25) is 0 Å². The highest BCUT2D eigenvalue weighted by Crippen LogP contribution is 2.36. The summed E-state index contributed by atoms with van der Waals surface area (Å²) >= 11 is 0. The number of aromatic nitrogens is 2. The highest BCUT2D eigenvalue weighted by atomic mass is 32.2. The largest absolute Gasteiger partial charge is 0.310 e. The summed E-state index contributed by atoms with van der Waals surface area (Å²) in [6.07, 6.45) is 11.2. The summed E-state index contributed by atoms with van der Waals surface area (Å²) in [5.41, 5.74) is 1.06. The van der Waals surface area contributed by atoms with Crippen molar-refractivity contribution in [3.63, 3.8) is 0 Å². The number of hydrogen-bond acceptors (Lipinski definition) is 5. The second-order valence-electron chi connectivity index (χ2n) is 5.98. The van der Waals surface area contributed by atoms with E-state index in [9.17, 15) is 8.42 Å². The Hall–Kier alpha value is -1.01. The van der Waals surface area contributed by atoms with Crippen LogP contribution in [-0.4, -0.2) is 36.4 Å². The van der Waals surface area contributed by atoms with Gasteiger partial charge in [-0.05, 0) is 38.1 Å². The molecule has 0 spiro atoms. The quantitative estimate of drug-likeness (QED) is 0.871. The summed E-state index contributed by atoms with van der Waals surface area (Å²) in [5.74, 6) is 0.330. The topological polar surface area (TPSA) is 72.0 Å². The predicted octanol–water partition coefficient (Wildman–Crippen LogP) is 2.12. The molecule has 1 N–H and O–H groups in total. The highest BCUT2D eigenvalue weighted by molar-refractivity contribution is 7.91. The van der Waals surface area contributed by atoms with Crippen LogP contribution in [0.5, 0.6) is 0 Å². The third-order valence-corrected chi connectivity index (χ3v) is 5.94. The Bertz CT molecular complexity index is 533. The van der Waals surface area contributed by atoms with Crippen LogP contribution in [0.1, 0.15) is 50.6 Å². The number of hydrogen-bond donors (Lipinski definition) is 1. The van der Waals surface area contributed by atoms with Crippen LogP contribution in [0.4, 0.5) is 0 Å². The normalized spacial score (nSPS) is 24.7. The van der Waals surface area contributed by atoms with Gasteiger partial charge >= 0.3 is 0 Å². The molecule has 6 heteroatoms. The van der Waals surface area contributed by atoms with E-state index in [1.54, 1.807) is 0 Å². The molecule has 0 radical (unpaired) electrons. The van der Waals surface area contributed by atoms with Crippen LogP contribution >= 0.6 is 0 Å². The minimum Gasteiger partial charge on any atom is -0.310 e. The molecule has 118 valence electrons. The van der Waals surface area contributed by atoms with Gasteiger partial charge < -0.3 is 5.32 Å². The van der Waals surface area contributed by atoms with E-state index in [-0.39, 0.29) is 11.3 Å². The van der Waals surface area contributed by atoms with Crippen molar-refractivity contribution in [2.75, 3.05) is 12.8 Å². The van der Waals surface area contributed by atoms with Crippen LogP contribution in [0.3, 0.4) is 0 Å². The predicted molar refractivity (Wildman–Crippen MR) is 83.7 cm³/mol. The molecule has 1 aromatic heterocycles. The first-order valence-electron chi connectivity index (χ1n) is 7.69. The first-order valence-corrected chi connectivity index (χ1v) is 9.65. The van der Waals surface area contributed by atoms with Crippen molar-refractivity contribution in [1.29, 1.82) is 0 Å². The van der Waals surface area contributed by atoms with Crippen molar-refractivity contribution in [1.82, 2.24) is 15.3 Å². The van der Waals surface area contributed by atoms with Crippen molar-refractivity contribution >= 4 is 9.84 Å². The second-order valence-corrected chi connectivity index (χ2v) is 8.31. The molecule has 0 aromatic carbocycles. The van der Waals surface area contributed by atoms with Crippen molar-refractivity contribution in [3.8, 4) is 0 Å². The molecule has 0 saturated heterocycles. The van der Waals surface area contributed by atoms with Gasteiger partial charge in [-0.25, -0.2) is 18.4 Å². The van der Waals surface area contributed by atoms with Gasteiger partial charge in [0.2, 0.25) is 0 Å². The Labute approximate surface area is 127 Å². The molecule has 1 saturated carbocycles. The Morgan fingerprint density at radius 3 is 2.67 bits per heavy atom. The van der Waals surface area contributed by atoms with Gasteiger partial charge in [0.1, 0.15) is 16.2 Å². The molecule has 1 aromatic rings. The summed E-state index contributed by atoms with van der Waals surface area (Å²) in [7, 11) is -2.95. The van der Waals surface area contributed by atoms with Crippen LogP contribution < -0.4 is 5.32 Å². The monoisotopic (exact) mass is 311 g/mol. The smallest absolute Gasteiger partial charge is 0.150 e. The van der Waals surface area contributed by atoms with Crippen LogP contribution in [-0.2, 0) is 9.84 Å². The lowest BCUT2D eigenvalue weighted by molar-refractivity contribution is 0.272. The van der Waals surface area contributed by atoms with Gasteiger partial charge in [0.05, 0.1) is 5.25 Å². The maximum absolute atomic E-state index is 11.9. The first-order chi connectivity index (χ1) is 10.0. The fourth-order valence-corrected chi connectivity index (χ4v) is 4.39. The van der Waals surface area contributed by atoms with Crippen molar-refractivity contribution in [2.24, 2.45) is 5.92 Å². The number of sulfone groups is 1. The van der Waals surface area contributed by atoms with Crippen molar-refractivity contribution in [3.05, 3.63) is 24.3 Å². The van der Waals surface area contributed by atoms with Gasteiger partial charge in [0.15, 0.2) is 0 Å².